The molecule has 5 unspecified atom stereocenters. The highest BCUT2D eigenvalue weighted by Crippen LogP contribution is 2.29. The van der Waals surface area contributed by atoms with Crippen molar-refractivity contribution in [3.8, 4) is 11.6 Å². The van der Waals surface area contributed by atoms with E-state index in [1.807, 2.05) is 0 Å². The Kier molecular flexibility index (Phi) is 6.45. The number of H-pyrrole nitrogens is 1. The SMILES string of the molecule is COc1ccc(Cc2c(OC3OC(CO)C(F)C(O)C3O)n[nH]c2CF)cc1. The van der Waals surface area contributed by atoms with Gasteiger partial charge in [-0.2, -0.15) is 0 Å². The summed E-state index contributed by atoms with van der Waals surface area (Å²) in [6.45, 7) is -1.54. The van der Waals surface area contributed by atoms with E-state index < -0.39 is 44.1 Å². The van der Waals surface area contributed by atoms with Gasteiger partial charge in [0.2, 0.25) is 12.2 Å². The van der Waals surface area contributed by atoms with Gasteiger partial charge in [0, 0.05) is 12.0 Å². The van der Waals surface area contributed by atoms with Crippen LogP contribution >= 0.6 is 0 Å². The minimum Gasteiger partial charge on any atom is -0.497 e. The number of benzene rings is 1. The zero-order valence-corrected chi connectivity index (χ0v) is 15.1. The maximum absolute atomic E-state index is 13.9. The highest BCUT2D eigenvalue weighted by Gasteiger charge is 2.46. The number of alkyl halides is 2. The van der Waals surface area contributed by atoms with Gasteiger partial charge in [0.1, 0.15) is 30.7 Å². The molecule has 0 amide bonds. The zero-order chi connectivity index (χ0) is 20.3. The molecule has 1 fully saturated rings. The molecule has 154 valence electrons. The molecule has 10 heteroatoms. The number of rotatable bonds is 7. The lowest BCUT2D eigenvalue weighted by molar-refractivity contribution is -0.265. The first-order valence-corrected chi connectivity index (χ1v) is 8.66. The fraction of sp³-hybridized carbons (Fsp3) is 0.500. The van der Waals surface area contributed by atoms with Gasteiger partial charge in [0.25, 0.3) is 0 Å². The molecule has 3 rings (SSSR count). The summed E-state index contributed by atoms with van der Waals surface area (Å²) in [6.07, 6.45) is -8.08. The number of aliphatic hydroxyl groups is 3. The van der Waals surface area contributed by atoms with Crippen LogP contribution < -0.4 is 9.47 Å². The van der Waals surface area contributed by atoms with Crippen LogP contribution in [0.15, 0.2) is 24.3 Å². The van der Waals surface area contributed by atoms with Crippen LogP contribution in [0.4, 0.5) is 8.78 Å². The lowest BCUT2D eigenvalue weighted by atomic mass is 10.0. The predicted octanol–water partition coefficient (Wildman–Crippen LogP) is 0.634. The average molecular weight is 400 g/mol. The normalized spacial score (nSPS) is 27.6. The topological polar surface area (TPSA) is 117 Å². The van der Waals surface area contributed by atoms with Crippen LogP contribution in [0.5, 0.6) is 11.6 Å². The Morgan fingerprint density at radius 1 is 1.21 bits per heavy atom. The smallest absolute Gasteiger partial charge is 0.238 e. The Hall–Kier alpha value is -2.27. The molecule has 2 aromatic rings. The number of aromatic nitrogens is 2. The van der Waals surface area contributed by atoms with Crippen LogP contribution in [0.25, 0.3) is 0 Å². The van der Waals surface area contributed by atoms with E-state index in [-0.39, 0.29) is 18.0 Å². The van der Waals surface area contributed by atoms with E-state index in [9.17, 15) is 24.1 Å². The van der Waals surface area contributed by atoms with E-state index in [1.165, 1.54) is 0 Å². The molecule has 1 aromatic carbocycles. The number of hydrogen-bond acceptors (Lipinski definition) is 7. The molecule has 8 nitrogen and oxygen atoms in total. The van der Waals surface area contributed by atoms with Crippen molar-refractivity contribution in [3.05, 3.63) is 41.1 Å². The Morgan fingerprint density at radius 2 is 1.93 bits per heavy atom. The molecule has 0 radical (unpaired) electrons. The number of aliphatic hydroxyl groups excluding tert-OH is 3. The Morgan fingerprint density at radius 3 is 2.54 bits per heavy atom. The molecule has 4 N–H and O–H groups in total. The van der Waals surface area contributed by atoms with Crippen LogP contribution in [0.1, 0.15) is 16.8 Å². The van der Waals surface area contributed by atoms with Gasteiger partial charge in [0.15, 0.2) is 6.17 Å². The number of hydrogen-bond donors (Lipinski definition) is 4. The standard InChI is InChI=1S/C18H22F2N2O6/c1-26-10-4-2-9(3-5-10)6-11-12(7-19)21-22-17(11)28-18-16(25)15(24)14(20)13(8-23)27-18/h2-5,13-16,18,23-25H,6-8H2,1H3,(H,21,22). The summed E-state index contributed by atoms with van der Waals surface area (Å²) in [5, 5.41) is 35.4. The van der Waals surface area contributed by atoms with Gasteiger partial charge in [0.05, 0.1) is 19.4 Å². The Bertz CT molecular complexity index is 770. The van der Waals surface area contributed by atoms with Gasteiger partial charge in [-0.15, -0.1) is 5.10 Å². The van der Waals surface area contributed by atoms with Crippen LogP contribution in [-0.2, 0) is 17.8 Å². The number of nitrogens with one attached hydrogen (secondary N) is 1. The van der Waals surface area contributed by atoms with Crippen molar-refractivity contribution >= 4 is 0 Å². The van der Waals surface area contributed by atoms with Crippen molar-refractivity contribution < 1.29 is 38.3 Å². The number of halogens is 2. The molecule has 1 aromatic heterocycles. The third-order valence-corrected chi connectivity index (χ3v) is 4.62. The van der Waals surface area contributed by atoms with Crippen molar-refractivity contribution in [2.24, 2.45) is 0 Å². The summed E-state index contributed by atoms with van der Waals surface area (Å²) in [4.78, 5) is 0. The highest BCUT2D eigenvalue weighted by atomic mass is 19.1. The number of ether oxygens (including phenoxy) is 3. The van der Waals surface area contributed by atoms with E-state index in [4.69, 9.17) is 14.2 Å². The quantitative estimate of drug-likeness (QED) is 0.539. The highest BCUT2D eigenvalue weighted by molar-refractivity contribution is 5.37. The molecule has 1 saturated heterocycles. The second-order valence-electron chi connectivity index (χ2n) is 6.41. The molecule has 2 heterocycles. The maximum Gasteiger partial charge on any atom is 0.238 e. The fourth-order valence-electron chi connectivity index (χ4n) is 2.97. The van der Waals surface area contributed by atoms with Gasteiger partial charge in [-0.3, -0.25) is 5.10 Å². The molecule has 0 aliphatic carbocycles. The lowest BCUT2D eigenvalue weighted by Crippen LogP contribution is -2.58. The van der Waals surface area contributed by atoms with Crippen molar-refractivity contribution in [2.45, 2.75) is 43.9 Å². The lowest BCUT2D eigenvalue weighted by Gasteiger charge is -2.38. The minimum atomic E-state index is -1.97. The van der Waals surface area contributed by atoms with E-state index in [1.54, 1.807) is 31.4 Å². The summed E-state index contributed by atoms with van der Waals surface area (Å²) >= 11 is 0. The van der Waals surface area contributed by atoms with Crippen LogP contribution in [0.2, 0.25) is 0 Å². The third-order valence-electron chi connectivity index (χ3n) is 4.62. The number of nitrogens with zero attached hydrogens (tertiary/aromatic N) is 1. The van der Waals surface area contributed by atoms with Gasteiger partial charge < -0.3 is 29.5 Å². The summed E-state index contributed by atoms with van der Waals surface area (Å²) in [7, 11) is 1.55. The van der Waals surface area contributed by atoms with Crippen molar-refractivity contribution in [2.75, 3.05) is 13.7 Å². The van der Waals surface area contributed by atoms with Crippen molar-refractivity contribution in [1.29, 1.82) is 0 Å². The first-order valence-electron chi connectivity index (χ1n) is 8.66. The van der Waals surface area contributed by atoms with E-state index >= 15 is 0 Å². The van der Waals surface area contributed by atoms with E-state index in [2.05, 4.69) is 10.2 Å². The molecule has 0 saturated carbocycles. The summed E-state index contributed by atoms with van der Waals surface area (Å²) in [5.74, 6) is 0.621. The summed E-state index contributed by atoms with van der Waals surface area (Å²) < 4.78 is 43.0. The monoisotopic (exact) mass is 400 g/mol. The first-order chi connectivity index (χ1) is 13.5. The molecule has 0 bridgehead atoms. The second kappa shape index (κ2) is 8.82. The third kappa shape index (κ3) is 4.09. The molecule has 28 heavy (non-hydrogen) atoms. The summed E-state index contributed by atoms with van der Waals surface area (Å²) in [6, 6.07) is 7.09. The van der Waals surface area contributed by atoms with Gasteiger partial charge in [-0.05, 0) is 17.7 Å². The molecule has 5 atom stereocenters. The van der Waals surface area contributed by atoms with Gasteiger partial charge >= 0.3 is 0 Å². The van der Waals surface area contributed by atoms with Crippen molar-refractivity contribution in [1.82, 2.24) is 10.2 Å². The molecule has 1 aliphatic heterocycles. The minimum absolute atomic E-state index is 0.0475. The molecule has 0 spiro atoms. The molecular formula is C18H22F2N2O6. The Balaban J connectivity index is 1.81. The van der Waals surface area contributed by atoms with Gasteiger partial charge in [-0.1, -0.05) is 12.1 Å². The van der Waals surface area contributed by atoms with Gasteiger partial charge in [-0.25, -0.2) is 8.78 Å². The zero-order valence-electron chi connectivity index (χ0n) is 15.1. The van der Waals surface area contributed by atoms with Crippen molar-refractivity contribution in [3.63, 3.8) is 0 Å². The predicted molar refractivity (Wildman–Crippen MR) is 92.5 cm³/mol. The second-order valence-corrected chi connectivity index (χ2v) is 6.41. The van der Waals surface area contributed by atoms with Crippen LogP contribution in [0, 0.1) is 0 Å². The number of aromatic amines is 1. The van der Waals surface area contributed by atoms with Crippen LogP contribution in [0.3, 0.4) is 0 Å². The van der Waals surface area contributed by atoms with Crippen LogP contribution in [-0.4, -0.2) is 70.0 Å². The molecular weight excluding hydrogens is 378 g/mol. The maximum atomic E-state index is 13.9. The largest absolute Gasteiger partial charge is 0.497 e. The van der Waals surface area contributed by atoms with E-state index in [0.29, 0.717) is 11.3 Å². The van der Waals surface area contributed by atoms with E-state index in [0.717, 1.165) is 5.56 Å². The summed E-state index contributed by atoms with van der Waals surface area (Å²) in [5.41, 5.74) is 1.39. The molecule has 1 aliphatic rings. The first kappa shape index (κ1) is 20.5. The Labute approximate surface area is 159 Å². The average Bonchev–Trinajstić information content (AvgIpc) is 3.10. The number of methoxy groups -OCH3 is 1. The fourth-order valence-corrected chi connectivity index (χ4v) is 2.97.